The Morgan fingerprint density at radius 3 is 2.50 bits per heavy atom. The van der Waals surface area contributed by atoms with E-state index in [2.05, 4.69) is 36.8 Å². The van der Waals surface area contributed by atoms with Crippen molar-refractivity contribution in [2.45, 2.75) is 6.43 Å². The molecule has 1 heterocycles. The molecule has 76 valence electrons. The van der Waals surface area contributed by atoms with E-state index in [0.29, 0.717) is 0 Å². The zero-order valence-electron chi connectivity index (χ0n) is 6.40. The minimum atomic E-state index is -2.70. The third kappa shape index (κ3) is 2.49. The second-order valence-electron chi connectivity index (χ2n) is 2.27. The first-order valence-electron chi connectivity index (χ1n) is 3.27. The van der Waals surface area contributed by atoms with Gasteiger partial charge in [-0.25, -0.2) is 13.8 Å². The first kappa shape index (κ1) is 12.0. The number of nitrogens with zero attached hydrogens (tertiary/aromatic N) is 1. The summed E-state index contributed by atoms with van der Waals surface area (Å²) in [6.07, 6.45) is -2.70. The van der Waals surface area contributed by atoms with E-state index in [1.165, 1.54) is 0 Å². The fourth-order valence-electron chi connectivity index (χ4n) is 0.806. The minimum Gasteiger partial charge on any atom is -0.274 e. The molecule has 0 bridgehead atoms. The quantitative estimate of drug-likeness (QED) is 0.598. The van der Waals surface area contributed by atoms with Crippen molar-refractivity contribution in [1.82, 2.24) is 4.98 Å². The van der Waals surface area contributed by atoms with E-state index in [0.717, 1.165) is 6.07 Å². The molecule has 0 spiro atoms. The van der Waals surface area contributed by atoms with E-state index in [-0.39, 0.29) is 20.3 Å². The Balaban J connectivity index is 3.40. The lowest BCUT2D eigenvalue weighted by Gasteiger charge is -2.06. The average molecular weight is 349 g/mol. The smallest absolute Gasteiger partial charge is 0.272 e. The van der Waals surface area contributed by atoms with Crippen molar-refractivity contribution >= 4 is 48.7 Å². The van der Waals surface area contributed by atoms with E-state index in [1.54, 1.807) is 0 Å². The summed E-state index contributed by atoms with van der Waals surface area (Å²) < 4.78 is 24.9. The number of alkyl halides is 2. The van der Waals surface area contributed by atoms with Crippen LogP contribution in [0, 0.1) is 0 Å². The fraction of sp³-hybridized carbons (Fsp3) is 0.143. The monoisotopic (exact) mass is 347 g/mol. The number of halogens is 5. The van der Waals surface area contributed by atoms with Crippen LogP contribution in [0.25, 0.3) is 0 Å². The number of carbonyl (C=O) groups excluding carboxylic acids is 1. The molecule has 0 aromatic carbocycles. The highest BCUT2D eigenvalue weighted by atomic mass is 79.9. The van der Waals surface area contributed by atoms with Crippen LogP contribution in [0.5, 0.6) is 0 Å². The second-order valence-corrected chi connectivity index (χ2v) is 4.22. The molecule has 0 saturated carbocycles. The predicted molar refractivity (Wildman–Crippen MR) is 54.8 cm³/mol. The molecule has 0 saturated heterocycles. The fourth-order valence-corrected chi connectivity index (χ4v) is 2.04. The third-order valence-corrected chi connectivity index (χ3v) is 2.79. The Hall–Kier alpha value is -0.0700. The molecule has 1 aromatic heterocycles. The summed E-state index contributed by atoms with van der Waals surface area (Å²) in [5.41, 5.74) is -0.549. The van der Waals surface area contributed by atoms with Crippen LogP contribution in [0.4, 0.5) is 8.78 Å². The Morgan fingerprint density at radius 2 is 2.07 bits per heavy atom. The van der Waals surface area contributed by atoms with Gasteiger partial charge in [0.15, 0.2) is 0 Å². The molecule has 0 N–H and O–H groups in total. The molecule has 0 atom stereocenters. The Kier molecular flexibility index (Phi) is 3.97. The molecular formula is C7H2Br2ClF2NO. The van der Waals surface area contributed by atoms with Gasteiger partial charge in [0.2, 0.25) is 0 Å². The highest BCUT2D eigenvalue weighted by molar-refractivity contribution is 9.11. The maximum atomic E-state index is 12.4. The van der Waals surface area contributed by atoms with Gasteiger partial charge in [-0.1, -0.05) is 0 Å². The summed E-state index contributed by atoms with van der Waals surface area (Å²) >= 11 is 10.9. The summed E-state index contributed by atoms with van der Waals surface area (Å²) in [5, 5.41) is -0.889. The Morgan fingerprint density at radius 1 is 1.50 bits per heavy atom. The maximum Gasteiger partial charge on any atom is 0.272 e. The van der Waals surface area contributed by atoms with Gasteiger partial charge in [-0.2, -0.15) is 0 Å². The molecule has 7 heteroatoms. The van der Waals surface area contributed by atoms with Crippen molar-refractivity contribution in [3.8, 4) is 0 Å². The van der Waals surface area contributed by atoms with Crippen LogP contribution in [-0.2, 0) is 0 Å². The lowest BCUT2D eigenvalue weighted by atomic mass is 10.2. The van der Waals surface area contributed by atoms with Crippen LogP contribution < -0.4 is 0 Å². The van der Waals surface area contributed by atoms with E-state index in [4.69, 9.17) is 11.6 Å². The first-order valence-corrected chi connectivity index (χ1v) is 5.23. The van der Waals surface area contributed by atoms with Crippen LogP contribution in [0.15, 0.2) is 15.1 Å². The van der Waals surface area contributed by atoms with E-state index < -0.39 is 11.7 Å². The van der Waals surface area contributed by atoms with Gasteiger partial charge in [0.05, 0.1) is 4.47 Å². The van der Waals surface area contributed by atoms with Gasteiger partial charge in [0.25, 0.3) is 11.7 Å². The van der Waals surface area contributed by atoms with Gasteiger partial charge in [-0.3, -0.25) is 4.79 Å². The lowest BCUT2D eigenvalue weighted by Crippen LogP contribution is -2.00. The molecule has 14 heavy (non-hydrogen) atoms. The van der Waals surface area contributed by atoms with Gasteiger partial charge >= 0.3 is 0 Å². The summed E-state index contributed by atoms with van der Waals surface area (Å²) in [7, 11) is 0. The number of pyridine rings is 1. The zero-order chi connectivity index (χ0) is 10.9. The molecule has 0 fully saturated rings. The van der Waals surface area contributed by atoms with Crippen LogP contribution in [0.1, 0.15) is 22.5 Å². The maximum absolute atomic E-state index is 12.4. The van der Waals surface area contributed by atoms with Gasteiger partial charge in [-0.15, -0.1) is 0 Å². The molecule has 0 aliphatic heterocycles. The molecule has 2 nitrogen and oxygen atoms in total. The number of aromatic nitrogens is 1. The lowest BCUT2D eigenvalue weighted by molar-refractivity contribution is 0.107. The van der Waals surface area contributed by atoms with Crippen molar-refractivity contribution in [1.29, 1.82) is 0 Å². The third-order valence-electron chi connectivity index (χ3n) is 1.38. The van der Waals surface area contributed by atoms with Crippen LogP contribution in [0.2, 0.25) is 0 Å². The van der Waals surface area contributed by atoms with Crippen LogP contribution in [0.3, 0.4) is 0 Å². The van der Waals surface area contributed by atoms with E-state index in [9.17, 15) is 13.6 Å². The van der Waals surface area contributed by atoms with Crippen molar-refractivity contribution in [3.63, 3.8) is 0 Å². The topological polar surface area (TPSA) is 30.0 Å². The predicted octanol–water partition coefficient (Wildman–Crippen LogP) is 3.92. The summed E-state index contributed by atoms with van der Waals surface area (Å²) in [6, 6.07) is 1.12. The Bertz CT molecular complexity index is 386. The highest BCUT2D eigenvalue weighted by Gasteiger charge is 2.19. The molecule has 0 unspecified atom stereocenters. The van der Waals surface area contributed by atoms with Gasteiger partial charge in [0.1, 0.15) is 10.3 Å². The molecule has 0 aliphatic rings. The molecule has 0 radical (unpaired) electrons. The SMILES string of the molecule is O=C(Cl)c1nc(Br)cc(C(F)F)c1Br. The number of hydrogen-bond acceptors (Lipinski definition) is 2. The molecule has 1 rings (SSSR count). The van der Waals surface area contributed by atoms with Crippen molar-refractivity contribution in [2.75, 3.05) is 0 Å². The molecule has 1 aromatic rings. The number of carbonyl (C=O) groups is 1. The average Bonchev–Trinajstić information content (AvgIpc) is 2.07. The van der Waals surface area contributed by atoms with Gasteiger partial charge < -0.3 is 0 Å². The van der Waals surface area contributed by atoms with E-state index in [1.807, 2.05) is 0 Å². The minimum absolute atomic E-state index is 0.0734. The summed E-state index contributed by atoms with van der Waals surface area (Å²) in [4.78, 5) is 14.5. The van der Waals surface area contributed by atoms with Gasteiger partial charge in [-0.05, 0) is 49.5 Å². The van der Waals surface area contributed by atoms with Crippen molar-refractivity contribution in [3.05, 3.63) is 26.4 Å². The van der Waals surface area contributed by atoms with Crippen molar-refractivity contribution < 1.29 is 13.6 Å². The molecular weight excluding hydrogens is 347 g/mol. The highest BCUT2D eigenvalue weighted by Crippen LogP contribution is 2.31. The first-order chi connectivity index (χ1) is 6.43. The molecule has 0 amide bonds. The Labute approximate surface area is 99.9 Å². The van der Waals surface area contributed by atoms with Crippen LogP contribution >= 0.6 is 43.5 Å². The number of hydrogen-bond donors (Lipinski definition) is 0. The summed E-state index contributed by atoms with van der Waals surface area (Å²) in [6.45, 7) is 0. The zero-order valence-corrected chi connectivity index (χ0v) is 10.3. The van der Waals surface area contributed by atoms with Crippen LogP contribution in [-0.4, -0.2) is 10.2 Å². The normalized spacial score (nSPS) is 10.7. The second kappa shape index (κ2) is 4.63. The summed E-state index contributed by atoms with van der Waals surface area (Å²) in [5.74, 6) is 0. The van der Waals surface area contributed by atoms with Crippen molar-refractivity contribution in [2.24, 2.45) is 0 Å². The van der Waals surface area contributed by atoms with Gasteiger partial charge in [0, 0.05) is 5.56 Å². The van der Waals surface area contributed by atoms with E-state index >= 15 is 0 Å². The molecule has 0 aliphatic carbocycles. The number of rotatable bonds is 2. The standard InChI is InChI=1S/C7H2Br2ClF2NO/c8-3-1-2(7(11)12)4(9)5(13-3)6(10)14/h1,7H. The largest absolute Gasteiger partial charge is 0.274 e.